The fraction of sp³-hybridized carbons (Fsp3) is 0.615. The Bertz CT molecular complexity index is 1140. The molecule has 0 aliphatic carbocycles. The molecule has 9 heteroatoms. The van der Waals surface area contributed by atoms with Crippen molar-refractivity contribution in [3.63, 3.8) is 0 Å². The van der Waals surface area contributed by atoms with Crippen LogP contribution in [0.3, 0.4) is 0 Å². The molecule has 2 aromatic rings. The maximum atomic E-state index is 13.4. The summed E-state index contributed by atoms with van der Waals surface area (Å²) in [5.41, 5.74) is 1.61. The number of amides is 1. The van der Waals surface area contributed by atoms with E-state index in [0.29, 0.717) is 32.5 Å². The minimum Gasteiger partial charge on any atom is -0.497 e. The SMILES string of the molecule is COc1ccc2c3c([nH]c2c1)C(CO[Si](C)(C)C(C)(C)C)(C(C)=O)NCC31CCN(C(=O)O)CC1. The molecule has 4 rings (SSSR count). The number of aromatic amines is 1. The summed E-state index contributed by atoms with van der Waals surface area (Å²) in [5.74, 6) is 0.749. The predicted octanol–water partition coefficient (Wildman–Crippen LogP) is 4.60. The molecule has 1 atom stereocenters. The number of Topliss-reactive ketones (excluding diaryl/α,β-unsaturated/α-hetero) is 1. The summed E-state index contributed by atoms with van der Waals surface area (Å²) in [7, 11) is -0.484. The summed E-state index contributed by atoms with van der Waals surface area (Å²) in [6.45, 7) is 14.4. The number of piperidine rings is 1. The summed E-state index contributed by atoms with van der Waals surface area (Å²) < 4.78 is 12.1. The molecule has 192 valence electrons. The minimum absolute atomic E-state index is 0.00815. The third-order valence-electron chi connectivity index (χ3n) is 8.74. The van der Waals surface area contributed by atoms with Crippen LogP contribution in [0.5, 0.6) is 5.75 Å². The molecule has 1 spiro atoms. The van der Waals surface area contributed by atoms with Gasteiger partial charge in [-0.15, -0.1) is 0 Å². The molecule has 1 fully saturated rings. The first-order valence-electron chi connectivity index (χ1n) is 12.3. The zero-order valence-corrected chi connectivity index (χ0v) is 23.0. The highest BCUT2D eigenvalue weighted by atomic mass is 28.4. The maximum Gasteiger partial charge on any atom is 0.407 e. The highest BCUT2D eigenvalue weighted by Crippen LogP contribution is 2.49. The van der Waals surface area contributed by atoms with E-state index in [-0.39, 0.29) is 22.8 Å². The van der Waals surface area contributed by atoms with Crippen molar-refractivity contribution in [2.45, 2.75) is 69.6 Å². The van der Waals surface area contributed by atoms with Gasteiger partial charge in [0.2, 0.25) is 0 Å². The van der Waals surface area contributed by atoms with Gasteiger partial charge in [0.25, 0.3) is 0 Å². The van der Waals surface area contributed by atoms with Crippen molar-refractivity contribution in [2.24, 2.45) is 0 Å². The second-order valence-corrected chi connectivity index (χ2v) is 16.5. The fourth-order valence-corrected chi connectivity index (χ4v) is 6.27. The molecule has 1 saturated heterocycles. The van der Waals surface area contributed by atoms with Crippen LogP contribution in [-0.2, 0) is 20.2 Å². The van der Waals surface area contributed by atoms with Crippen molar-refractivity contribution >= 4 is 31.1 Å². The van der Waals surface area contributed by atoms with Crippen LogP contribution in [0.1, 0.15) is 51.8 Å². The molecule has 8 nitrogen and oxygen atoms in total. The molecule has 1 unspecified atom stereocenters. The average molecular weight is 502 g/mol. The molecule has 35 heavy (non-hydrogen) atoms. The summed E-state index contributed by atoms with van der Waals surface area (Å²) in [5, 5.41) is 14.2. The van der Waals surface area contributed by atoms with Gasteiger partial charge in [0.15, 0.2) is 14.1 Å². The van der Waals surface area contributed by atoms with E-state index in [1.54, 1.807) is 14.0 Å². The number of carbonyl (C=O) groups is 2. The van der Waals surface area contributed by atoms with Gasteiger partial charge in [-0.1, -0.05) is 20.8 Å². The van der Waals surface area contributed by atoms with E-state index in [4.69, 9.17) is 9.16 Å². The van der Waals surface area contributed by atoms with Crippen molar-refractivity contribution in [1.82, 2.24) is 15.2 Å². The number of ether oxygens (including phenoxy) is 1. The van der Waals surface area contributed by atoms with E-state index in [0.717, 1.165) is 27.9 Å². The van der Waals surface area contributed by atoms with Crippen LogP contribution in [0.15, 0.2) is 18.2 Å². The monoisotopic (exact) mass is 501 g/mol. The molecule has 0 radical (unpaired) electrons. The quantitative estimate of drug-likeness (QED) is 0.518. The lowest BCUT2D eigenvalue weighted by Crippen LogP contribution is -2.63. The number of nitrogens with zero attached hydrogens (tertiary/aromatic N) is 1. The van der Waals surface area contributed by atoms with Gasteiger partial charge in [-0.3, -0.25) is 10.1 Å². The van der Waals surface area contributed by atoms with Gasteiger partial charge in [-0.05, 0) is 55.6 Å². The van der Waals surface area contributed by atoms with Crippen LogP contribution in [-0.4, -0.2) is 68.5 Å². The van der Waals surface area contributed by atoms with Crippen molar-refractivity contribution in [1.29, 1.82) is 0 Å². The summed E-state index contributed by atoms with van der Waals surface area (Å²) in [6, 6.07) is 5.97. The minimum atomic E-state index is -2.12. The number of hydrogen-bond acceptors (Lipinski definition) is 5. The number of benzene rings is 1. The number of likely N-dealkylation sites (tertiary alicyclic amines) is 1. The van der Waals surface area contributed by atoms with Crippen LogP contribution >= 0.6 is 0 Å². The second-order valence-electron chi connectivity index (χ2n) is 11.7. The van der Waals surface area contributed by atoms with Gasteiger partial charge in [0.1, 0.15) is 11.3 Å². The molecule has 1 amide bonds. The Labute approximate surface area is 208 Å². The molecular formula is C26H39N3O5Si. The van der Waals surface area contributed by atoms with Crippen molar-refractivity contribution < 1.29 is 23.9 Å². The number of aromatic nitrogens is 1. The van der Waals surface area contributed by atoms with Gasteiger partial charge in [-0.25, -0.2) is 4.79 Å². The van der Waals surface area contributed by atoms with Crippen LogP contribution in [0.2, 0.25) is 18.1 Å². The number of fused-ring (bicyclic) bond motifs is 4. The Morgan fingerprint density at radius 2 is 1.86 bits per heavy atom. The number of nitrogens with one attached hydrogen (secondary N) is 2. The highest BCUT2D eigenvalue weighted by molar-refractivity contribution is 6.74. The molecule has 0 saturated carbocycles. The largest absolute Gasteiger partial charge is 0.497 e. The molecule has 2 aliphatic heterocycles. The summed E-state index contributed by atoms with van der Waals surface area (Å²) in [6.07, 6.45) is 0.499. The Kier molecular flexibility index (Phi) is 6.35. The van der Waals surface area contributed by atoms with Gasteiger partial charge in [0.05, 0.1) is 19.4 Å². The smallest absolute Gasteiger partial charge is 0.407 e. The van der Waals surface area contributed by atoms with Crippen molar-refractivity contribution in [3.05, 3.63) is 29.5 Å². The van der Waals surface area contributed by atoms with E-state index >= 15 is 0 Å². The molecular weight excluding hydrogens is 462 g/mol. The zero-order chi connectivity index (χ0) is 25.8. The topological polar surface area (TPSA) is 104 Å². The Hall–Kier alpha value is -2.36. The van der Waals surface area contributed by atoms with E-state index in [2.05, 4.69) is 50.2 Å². The lowest BCUT2D eigenvalue weighted by Gasteiger charge is -2.50. The number of methoxy groups -OCH3 is 1. The second kappa shape index (κ2) is 8.64. The van der Waals surface area contributed by atoms with E-state index in [1.165, 1.54) is 4.90 Å². The lowest BCUT2D eigenvalue weighted by molar-refractivity contribution is -0.126. The molecule has 1 aromatic heterocycles. The normalized spacial score (nSPS) is 22.3. The van der Waals surface area contributed by atoms with Crippen LogP contribution in [0.4, 0.5) is 4.79 Å². The van der Waals surface area contributed by atoms with Gasteiger partial charge in [-0.2, -0.15) is 0 Å². The molecule has 1 aromatic carbocycles. The number of H-pyrrole nitrogens is 1. The third-order valence-corrected chi connectivity index (χ3v) is 13.2. The average Bonchev–Trinajstić information content (AvgIpc) is 3.18. The predicted molar refractivity (Wildman–Crippen MR) is 139 cm³/mol. The summed E-state index contributed by atoms with van der Waals surface area (Å²) in [4.78, 5) is 30.1. The first-order valence-corrected chi connectivity index (χ1v) is 15.3. The Morgan fingerprint density at radius 1 is 1.20 bits per heavy atom. The first-order chi connectivity index (χ1) is 16.3. The Balaban J connectivity index is 1.85. The zero-order valence-electron chi connectivity index (χ0n) is 22.0. The molecule has 3 heterocycles. The maximum absolute atomic E-state index is 13.4. The molecule has 2 aliphatic rings. The van der Waals surface area contributed by atoms with E-state index in [1.807, 2.05) is 12.1 Å². The van der Waals surface area contributed by atoms with Crippen molar-refractivity contribution in [2.75, 3.05) is 33.4 Å². The third kappa shape index (κ3) is 4.17. The van der Waals surface area contributed by atoms with Crippen LogP contribution in [0, 0.1) is 0 Å². The van der Waals surface area contributed by atoms with Crippen LogP contribution < -0.4 is 10.1 Å². The van der Waals surface area contributed by atoms with Gasteiger partial charge < -0.3 is 24.2 Å². The number of carbonyl (C=O) groups excluding carboxylic acids is 1. The Morgan fingerprint density at radius 3 is 2.40 bits per heavy atom. The molecule has 0 bridgehead atoms. The van der Waals surface area contributed by atoms with E-state index in [9.17, 15) is 14.7 Å². The standard InChI is InChI=1S/C26H39N3O5Si/c1-17(30)26(16-34-35(6,7)24(2,3)4)22-21(19-9-8-18(33-5)14-20(19)28-22)25(15-27-26)10-12-29(13-11-25)23(31)32/h8-9,14,27-28H,10-13,15-16H2,1-7H3,(H,31,32). The van der Waals surface area contributed by atoms with Crippen LogP contribution in [0.25, 0.3) is 10.9 Å². The number of rotatable bonds is 5. The fourth-order valence-electron chi connectivity index (χ4n) is 5.25. The first kappa shape index (κ1) is 25.7. The van der Waals surface area contributed by atoms with Gasteiger partial charge in [0, 0.05) is 42.0 Å². The van der Waals surface area contributed by atoms with Crippen molar-refractivity contribution in [3.8, 4) is 5.75 Å². The lowest BCUT2D eigenvalue weighted by atomic mass is 9.66. The highest BCUT2D eigenvalue weighted by Gasteiger charge is 2.53. The summed E-state index contributed by atoms with van der Waals surface area (Å²) >= 11 is 0. The van der Waals surface area contributed by atoms with E-state index < -0.39 is 19.9 Å². The van der Waals surface area contributed by atoms with Gasteiger partial charge >= 0.3 is 6.09 Å². The number of ketones is 1. The number of carboxylic acid groups (broad SMARTS) is 1. The number of hydrogen-bond donors (Lipinski definition) is 3. The molecule has 3 N–H and O–H groups in total.